The smallest absolute Gasteiger partial charge is 0.104 e. The molecule has 0 N–H and O–H groups in total. The van der Waals surface area contributed by atoms with Crippen LogP contribution in [0.25, 0.3) is 6.08 Å². The van der Waals surface area contributed by atoms with Crippen molar-refractivity contribution in [2.45, 2.75) is 63.9 Å². The van der Waals surface area contributed by atoms with E-state index in [-0.39, 0.29) is 12.2 Å². The Balaban J connectivity index is 1.57. The summed E-state index contributed by atoms with van der Waals surface area (Å²) in [5, 5.41) is 0. The van der Waals surface area contributed by atoms with Crippen molar-refractivity contribution in [1.82, 2.24) is 0 Å². The SMILES string of the molecule is C=Cc1cc(CC(CC)OCC2CO2)ccc1CC(CC)OCC1CO1. The number of rotatable bonds is 13. The molecular formula is C22H32O4. The topological polar surface area (TPSA) is 43.5 Å². The first kappa shape index (κ1) is 19.6. The van der Waals surface area contributed by atoms with Crippen molar-refractivity contribution in [2.24, 2.45) is 0 Å². The van der Waals surface area contributed by atoms with Gasteiger partial charge >= 0.3 is 0 Å². The normalized spacial score (nSPS) is 23.5. The average molecular weight is 360 g/mol. The Labute approximate surface area is 157 Å². The fraction of sp³-hybridized carbons (Fsp3) is 0.636. The number of hydrogen-bond acceptors (Lipinski definition) is 4. The van der Waals surface area contributed by atoms with Gasteiger partial charge in [-0.15, -0.1) is 0 Å². The first-order chi connectivity index (χ1) is 12.7. The van der Waals surface area contributed by atoms with E-state index in [2.05, 4.69) is 38.6 Å². The monoisotopic (exact) mass is 360 g/mol. The van der Waals surface area contributed by atoms with Crippen LogP contribution in [0.15, 0.2) is 24.8 Å². The highest BCUT2D eigenvalue weighted by atomic mass is 16.6. The third-order valence-corrected chi connectivity index (χ3v) is 5.09. The van der Waals surface area contributed by atoms with Crippen LogP contribution in [0, 0.1) is 0 Å². The van der Waals surface area contributed by atoms with Crippen molar-refractivity contribution in [3.8, 4) is 0 Å². The van der Waals surface area contributed by atoms with Crippen molar-refractivity contribution in [3.05, 3.63) is 41.5 Å². The maximum absolute atomic E-state index is 6.00. The lowest BCUT2D eigenvalue weighted by molar-refractivity contribution is 0.0401. The second-order valence-electron chi connectivity index (χ2n) is 7.28. The van der Waals surface area contributed by atoms with Gasteiger partial charge in [0, 0.05) is 0 Å². The zero-order valence-electron chi connectivity index (χ0n) is 16.1. The van der Waals surface area contributed by atoms with Gasteiger partial charge in [0.05, 0.1) is 38.6 Å². The summed E-state index contributed by atoms with van der Waals surface area (Å²) in [7, 11) is 0. The third-order valence-electron chi connectivity index (χ3n) is 5.09. The van der Waals surface area contributed by atoms with Gasteiger partial charge in [-0.1, -0.05) is 44.7 Å². The van der Waals surface area contributed by atoms with Gasteiger partial charge in [-0.05, 0) is 42.4 Å². The highest BCUT2D eigenvalue weighted by molar-refractivity contribution is 5.53. The van der Waals surface area contributed by atoms with Gasteiger partial charge in [0.2, 0.25) is 0 Å². The Morgan fingerprint density at radius 2 is 1.62 bits per heavy atom. The van der Waals surface area contributed by atoms with Crippen LogP contribution in [-0.2, 0) is 31.8 Å². The fourth-order valence-electron chi connectivity index (χ4n) is 3.11. The molecule has 2 heterocycles. The van der Waals surface area contributed by atoms with Gasteiger partial charge < -0.3 is 18.9 Å². The standard InChI is InChI=1S/C22H32O4/c1-4-17-9-16(10-19(5-2)23-12-21-14-25-21)7-8-18(17)11-20(6-3)24-13-22-15-26-22/h4,7-9,19-22H,1,5-6,10-15H2,2-3H3. The zero-order chi connectivity index (χ0) is 18.4. The molecule has 0 spiro atoms. The molecule has 4 nitrogen and oxygen atoms in total. The van der Waals surface area contributed by atoms with Gasteiger partial charge in [-0.3, -0.25) is 0 Å². The highest BCUT2D eigenvalue weighted by Crippen LogP contribution is 2.21. The molecule has 0 aliphatic carbocycles. The molecule has 2 saturated heterocycles. The first-order valence-electron chi connectivity index (χ1n) is 9.92. The summed E-state index contributed by atoms with van der Waals surface area (Å²) in [6.07, 6.45) is 6.92. The summed E-state index contributed by atoms with van der Waals surface area (Å²) in [5.74, 6) is 0. The summed E-state index contributed by atoms with van der Waals surface area (Å²) in [6.45, 7) is 11.5. The Kier molecular flexibility index (Phi) is 7.26. The summed E-state index contributed by atoms with van der Waals surface area (Å²) in [4.78, 5) is 0. The molecule has 2 aliphatic heterocycles. The number of benzene rings is 1. The molecule has 1 aromatic rings. The van der Waals surface area contributed by atoms with Gasteiger partial charge in [0.15, 0.2) is 0 Å². The predicted molar refractivity (Wildman–Crippen MR) is 103 cm³/mol. The van der Waals surface area contributed by atoms with Crippen LogP contribution in [0.1, 0.15) is 43.4 Å². The molecular weight excluding hydrogens is 328 g/mol. The minimum Gasteiger partial charge on any atom is -0.375 e. The minimum absolute atomic E-state index is 0.231. The predicted octanol–water partition coefficient (Wildman–Crippen LogP) is 3.80. The maximum Gasteiger partial charge on any atom is 0.104 e. The van der Waals surface area contributed by atoms with Crippen molar-refractivity contribution >= 4 is 6.08 Å². The average Bonchev–Trinajstić information content (AvgIpc) is 3.56. The lowest BCUT2D eigenvalue weighted by Gasteiger charge is -2.19. The van der Waals surface area contributed by atoms with Crippen LogP contribution in [0.2, 0.25) is 0 Å². The first-order valence-corrected chi connectivity index (χ1v) is 9.92. The number of epoxide rings is 2. The molecule has 144 valence electrons. The third kappa shape index (κ3) is 6.20. The molecule has 0 saturated carbocycles. The number of ether oxygens (including phenoxy) is 4. The van der Waals surface area contributed by atoms with E-state index in [9.17, 15) is 0 Å². The van der Waals surface area contributed by atoms with Crippen LogP contribution in [-0.4, -0.2) is 50.8 Å². The van der Waals surface area contributed by atoms with Gasteiger partial charge in [0.25, 0.3) is 0 Å². The van der Waals surface area contributed by atoms with Crippen LogP contribution in [0.4, 0.5) is 0 Å². The highest BCUT2D eigenvalue weighted by Gasteiger charge is 2.25. The molecule has 26 heavy (non-hydrogen) atoms. The fourth-order valence-corrected chi connectivity index (χ4v) is 3.11. The molecule has 4 unspecified atom stereocenters. The Morgan fingerprint density at radius 3 is 2.12 bits per heavy atom. The number of hydrogen-bond donors (Lipinski definition) is 0. The zero-order valence-corrected chi connectivity index (χ0v) is 16.1. The van der Waals surface area contributed by atoms with E-state index < -0.39 is 0 Å². The lowest BCUT2D eigenvalue weighted by atomic mass is 9.95. The van der Waals surface area contributed by atoms with Crippen molar-refractivity contribution in [3.63, 3.8) is 0 Å². The van der Waals surface area contributed by atoms with Crippen LogP contribution in [0.5, 0.6) is 0 Å². The van der Waals surface area contributed by atoms with Gasteiger partial charge in [-0.25, -0.2) is 0 Å². The maximum atomic E-state index is 6.00. The Bertz CT molecular complexity index is 578. The van der Waals surface area contributed by atoms with Crippen molar-refractivity contribution < 1.29 is 18.9 Å². The van der Waals surface area contributed by atoms with Crippen LogP contribution >= 0.6 is 0 Å². The quantitative estimate of drug-likeness (QED) is 0.502. The van der Waals surface area contributed by atoms with Crippen molar-refractivity contribution in [1.29, 1.82) is 0 Å². The molecule has 4 heteroatoms. The van der Waals surface area contributed by atoms with Gasteiger partial charge in [0.1, 0.15) is 12.2 Å². The summed E-state index contributed by atoms with van der Waals surface area (Å²) >= 11 is 0. The minimum atomic E-state index is 0.231. The molecule has 0 bridgehead atoms. The van der Waals surface area contributed by atoms with E-state index in [1.54, 1.807) is 0 Å². The Morgan fingerprint density at radius 1 is 1.04 bits per heavy atom. The molecule has 2 aliphatic rings. The van der Waals surface area contributed by atoms with E-state index >= 15 is 0 Å². The summed E-state index contributed by atoms with van der Waals surface area (Å²) < 4.78 is 22.5. The van der Waals surface area contributed by atoms with Crippen LogP contribution < -0.4 is 0 Å². The van der Waals surface area contributed by atoms with Gasteiger partial charge in [-0.2, -0.15) is 0 Å². The summed E-state index contributed by atoms with van der Waals surface area (Å²) in [6, 6.07) is 6.69. The van der Waals surface area contributed by atoms with E-state index in [1.165, 1.54) is 16.7 Å². The molecule has 2 fully saturated rings. The van der Waals surface area contributed by atoms with E-state index in [0.717, 1.165) is 38.9 Å². The van der Waals surface area contributed by atoms with E-state index in [4.69, 9.17) is 18.9 Å². The molecule has 0 aromatic heterocycles. The molecule has 1 aromatic carbocycles. The second-order valence-corrected chi connectivity index (χ2v) is 7.28. The van der Waals surface area contributed by atoms with Crippen LogP contribution in [0.3, 0.4) is 0 Å². The molecule has 0 radical (unpaired) electrons. The molecule has 0 amide bonds. The Hall–Kier alpha value is -1.20. The second kappa shape index (κ2) is 9.65. The summed E-state index contributed by atoms with van der Waals surface area (Å²) in [5.41, 5.74) is 3.80. The molecule has 3 rings (SSSR count). The van der Waals surface area contributed by atoms with E-state index in [1.807, 2.05) is 6.08 Å². The largest absolute Gasteiger partial charge is 0.375 e. The lowest BCUT2D eigenvalue weighted by Crippen LogP contribution is -2.19. The van der Waals surface area contributed by atoms with E-state index in [0.29, 0.717) is 25.4 Å². The molecule has 4 atom stereocenters. The van der Waals surface area contributed by atoms with Crippen molar-refractivity contribution in [2.75, 3.05) is 26.4 Å².